The molecule has 2 rings (SSSR count). The highest BCUT2D eigenvalue weighted by Gasteiger charge is 2.19. The topological polar surface area (TPSA) is 39.1 Å². The summed E-state index contributed by atoms with van der Waals surface area (Å²) >= 11 is 1.25. The second kappa shape index (κ2) is 6.01. The Morgan fingerprint density at radius 3 is 2.36 bits per heavy atom. The minimum Gasteiger partial charge on any atom is -0.302 e. The molecule has 0 amide bonds. The van der Waals surface area contributed by atoms with Crippen molar-refractivity contribution in [3.63, 3.8) is 0 Å². The fraction of sp³-hybridized carbons (Fsp3) is 0.294. The molecule has 0 saturated heterocycles. The number of ketones is 1. The second-order valence-corrected chi connectivity index (χ2v) is 7.19. The first-order valence-electron chi connectivity index (χ1n) is 6.88. The molecule has 1 aromatic carbocycles. The maximum absolute atomic E-state index is 12.9. The first-order chi connectivity index (χ1) is 10.2. The molecular formula is C17H18FNO2S. The summed E-state index contributed by atoms with van der Waals surface area (Å²) in [6, 6.07) is 5.91. The fourth-order valence-corrected chi connectivity index (χ4v) is 2.78. The molecule has 1 aromatic heterocycles. The molecule has 22 heavy (non-hydrogen) atoms. The summed E-state index contributed by atoms with van der Waals surface area (Å²) < 4.78 is 15.5. The number of benzene rings is 1. The Labute approximate surface area is 132 Å². The molecule has 0 saturated carbocycles. The van der Waals surface area contributed by atoms with Gasteiger partial charge in [-0.25, -0.2) is 4.39 Å². The third-order valence-electron chi connectivity index (χ3n) is 3.22. The molecule has 0 N–H and O–H groups in total. The van der Waals surface area contributed by atoms with Crippen LogP contribution in [0.15, 0.2) is 29.1 Å². The molecule has 0 fully saturated rings. The number of halogens is 1. The molecule has 0 aliphatic rings. The van der Waals surface area contributed by atoms with E-state index >= 15 is 0 Å². The Balaban J connectivity index is 2.56. The molecule has 3 nitrogen and oxygen atoms in total. The zero-order chi connectivity index (χ0) is 16.5. The highest BCUT2D eigenvalue weighted by atomic mass is 32.1. The van der Waals surface area contributed by atoms with Crippen molar-refractivity contribution in [1.29, 1.82) is 0 Å². The Morgan fingerprint density at radius 2 is 1.82 bits per heavy atom. The largest absolute Gasteiger partial charge is 0.302 e. The monoisotopic (exact) mass is 319 g/mol. The molecule has 5 heteroatoms. The maximum Gasteiger partial charge on any atom is 0.268 e. The summed E-state index contributed by atoms with van der Waals surface area (Å²) in [6.07, 6.45) is 3.21. The lowest BCUT2D eigenvalue weighted by atomic mass is 9.91. The standard InChI is InChI=1S/C17H18FNO2S/c1-17(2,3)14(20)10-15-19(4)16(21)13(22-15)9-11-5-7-12(18)8-6-11/h5-10H,1-4H3/b13-9+,15-10-. The summed E-state index contributed by atoms with van der Waals surface area (Å²) in [6.45, 7) is 5.51. The Kier molecular flexibility index (Phi) is 4.47. The molecule has 2 aromatic rings. The van der Waals surface area contributed by atoms with Crippen molar-refractivity contribution in [2.75, 3.05) is 0 Å². The van der Waals surface area contributed by atoms with Gasteiger partial charge in [0.1, 0.15) is 10.5 Å². The molecule has 0 spiro atoms. The predicted octanol–water partition coefficient (Wildman–Crippen LogP) is 1.81. The molecule has 0 aliphatic carbocycles. The number of nitrogens with zero attached hydrogens (tertiary/aromatic N) is 1. The van der Waals surface area contributed by atoms with Crippen LogP contribution in [0.25, 0.3) is 12.2 Å². The highest BCUT2D eigenvalue weighted by molar-refractivity contribution is 7.07. The van der Waals surface area contributed by atoms with Crippen LogP contribution in [0.5, 0.6) is 0 Å². The summed E-state index contributed by atoms with van der Waals surface area (Å²) in [7, 11) is 1.64. The normalized spacial score (nSPS) is 13.7. The van der Waals surface area contributed by atoms with E-state index < -0.39 is 5.41 Å². The van der Waals surface area contributed by atoms with E-state index in [4.69, 9.17) is 0 Å². The quantitative estimate of drug-likeness (QED) is 0.847. The van der Waals surface area contributed by atoms with Gasteiger partial charge in [0, 0.05) is 18.5 Å². The lowest BCUT2D eigenvalue weighted by Gasteiger charge is -2.12. The third kappa shape index (κ3) is 3.60. The van der Waals surface area contributed by atoms with Gasteiger partial charge in [0.2, 0.25) is 0 Å². The molecule has 0 aliphatic heterocycles. The van der Waals surface area contributed by atoms with Crippen LogP contribution in [0.1, 0.15) is 26.3 Å². The average Bonchev–Trinajstić information content (AvgIpc) is 2.69. The summed E-state index contributed by atoms with van der Waals surface area (Å²) in [5.74, 6) is -0.348. The first-order valence-corrected chi connectivity index (χ1v) is 7.69. The Bertz CT molecular complexity index is 867. The van der Waals surface area contributed by atoms with Crippen LogP contribution < -0.4 is 14.8 Å². The summed E-state index contributed by atoms with van der Waals surface area (Å²) in [4.78, 5) is 24.3. The van der Waals surface area contributed by atoms with Gasteiger partial charge in [-0.1, -0.05) is 32.9 Å². The molecule has 0 bridgehead atoms. The zero-order valence-corrected chi connectivity index (χ0v) is 13.8. The van der Waals surface area contributed by atoms with Gasteiger partial charge in [-0.15, -0.1) is 11.3 Å². The van der Waals surface area contributed by atoms with Gasteiger partial charge in [0.05, 0.1) is 4.53 Å². The van der Waals surface area contributed by atoms with Gasteiger partial charge >= 0.3 is 0 Å². The molecule has 0 radical (unpaired) electrons. The molecule has 0 atom stereocenters. The van der Waals surface area contributed by atoms with Crippen LogP contribution in [0.3, 0.4) is 0 Å². The molecule has 0 unspecified atom stereocenters. The van der Waals surface area contributed by atoms with Crippen LogP contribution in [-0.4, -0.2) is 10.4 Å². The number of aromatic nitrogens is 1. The van der Waals surface area contributed by atoms with E-state index in [1.807, 2.05) is 20.8 Å². The van der Waals surface area contributed by atoms with E-state index in [9.17, 15) is 14.0 Å². The van der Waals surface area contributed by atoms with Crippen LogP contribution in [0, 0.1) is 11.2 Å². The zero-order valence-electron chi connectivity index (χ0n) is 13.0. The number of hydrogen-bond acceptors (Lipinski definition) is 3. The van der Waals surface area contributed by atoms with E-state index in [0.29, 0.717) is 9.20 Å². The third-order valence-corrected chi connectivity index (χ3v) is 4.34. The fourth-order valence-electron chi connectivity index (χ4n) is 1.75. The maximum atomic E-state index is 12.9. The van der Waals surface area contributed by atoms with Gasteiger partial charge in [-0.3, -0.25) is 9.59 Å². The number of rotatable bonds is 2. The minimum absolute atomic E-state index is 0.0299. The lowest BCUT2D eigenvalue weighted by Crippen LogP contribution is -2.30. The molecule has 116 valence electrons. The van der Waals surface area contributed by atoms with Crippen molar-refractivity contribution in [3.8, 4) is 0 Å². The van der Waals surface area contributed by atoms with Gasteiger partial charge < -0.3 is 4.57 Å². The Hall–Kier alpha value is -2.01. The van der Waals surface area contributed by atoms with E-state index in [0.717, 1.165) is 5.56 Å². The van der Waals surface area contributed by atoms with Crippen LogP contribution in [0.2, 0.25) is 0 Å². The molecule has 1 heterocycles. The van der Waals surface area contributed by atoms with Crippen molar-refractivity contribution in [2.24, 2.45) is 12.5 Å². The van der Waals surface area contributed by atoms with Gasteiger partial charge in [0.25, 0.3) is 5.56 Å². The van der Waals surface area contributed by atoms with E-state index in [-0.39, 0.29) is 17.2 Å². The number of Topliss-reactive ketones (excluding diaryl/α,β-unsaturated/α-hetero) is 1. The van der Waals surface area contributed by atoms with Crippen LogP contribution >= 0.6 is 11.3 Å². The highest BCUT2D eigenvalue weighted by Crippen LogP contribution is 2.14. The number of hydrogen-bond donors (Lipinski definition) is 0. The van der Waals surface area contributed by atoms with Gasteiger partial charge in [-0.05, 0) is 23.8 Å². The lowest BCUT2D eigenvalue weighted by molar-refractivity contribution is -0.120. The van der Waals surface area contributed by atoms with Crippen molar-refractivity contribution < 1.29 is 9.18 Å². The SMILES string of the molecule is Cn1c(=O)/c(=C\c2ccc(F)cc2)s/c1=C\C(=O)C(C)(C)C. The minimum atomic E-state index is -0.485. The van der Waals surface area contributed by atoms with Gasteiger partial charge in [0.15, 0.2) is 5.78 Å². The van der Waals surface area contributed by atoms with Crippen molar-refractivity contribution in [1.82, 2.24) is 4.57 Å². The first kappa shape index (κ1) is 16.4. The van der Waals surface area contributed by atoms with E-state index in [2.05, 4.69) is 0 Å². The van der Waals surface area contributed by atoms with Crippen LogP contribution in [0.4, 0.5) is 4.39 Å². The summed E-state index contributed by atoms with van der Waals surface area (Å²) in [5, 5.41) is 0. The van der Waals surface area contributed by atoms with Crippen molar-refractivity contribution in [3.05, 3.63) is 55.2 Å². The van der Waals surface area contributed by atoms with Crippen molar-refractivity contribution >= 4 is 29.3 Å². The smallest absolute Gasteiger partial charge is 0.268 e. The number of thiazole rings is 1. The van der Waals surface area contributed by atoms with E-state index in [1.54, 1.807) is 25.3 Å². The second-order valence-electron chi connectivity index (χ2n) is 6.12. The van der Waals surface area contributed by atoms with Crippen molar-refractivity contribution in [2.45, 2.75) is 20.8 Å². The predicted molar refractivity (Wildman–Crippen MR) is 87.7 cm³/mol. The van der Waals surface area contributed by atoms with Crippen LogP contribution in [-0.2, 0) is 11.8 Å². The van der Waals surface area contributed by atoms with Gasteiger partial charge in [-0.2, -0.15) is 0 Å². The number of carbonyl (C=O) groups excluding carboxylic acids is 1. The average molecular weight is 319 g/mol. The molecular weight excluding hydrogens is 301 g/mol. The van der Waals surface area contributed by atoms with E-state index in [1.165, 1.54) is 34.1 Å². The Morgan fingerprint density at radius 1 is 1.23 bits per heavy atom. The number of carbonyl (C=O) groups is 1. The summed E-state index contributed by atoms with van der Waals surface area (Å²) in [5.41, 5.74) is 0.0947.